The van der Waals surface area contributed by atoms with Crippen LogP contribution in [0.3, 0.4) is 0 Å². The Kier molecular flexibility index (Phi) is 12.7. The molecule has 2 rings (SSSR count). The third kappa shape index (κ3) is 9.11. The van der Waals surface area contributed by atoms with Crippen LogP contribution in [0, 0.1) is 0 Å². The van der Waals surface area contributed by atoms with Crippen molar-refractivity contribution in [3.8, 4) is 5.75 Å². The Hall–Kier alpha value is -1.59. The highest BCUT2D eigenvalue weighted by atomic mass is 16.6. The number of nitrogens with zero attached hydrogens (tertiary/aromatic N) is 2. The second-order valence-electron chi connectivity index (χ2n) is 9.34. The second kappa shape index (κ2) is 15.3. The Labute approximate surface area is 196 Å². The maximum absolute atomic E-state index is 5.85. The van der Waals surface area contributed by atoms with Crippen LogP contribution in [0.25, 0.3) is 0 Å². The van der Waals surface area contributed by atoms with Gasteiger partial charge in [0.25, 0.3) is 0 Å². The van der Waals surface area contributed by atoms with E-state index in [-0.39, 0.29) is 5.54 Å². The minimum absolute atomic E-state index is 0.240. The van der Waals surface area contributed by atoms with Gasteiger partial charge in [0.1, 0.15) is 18.1 Å². The van der Waals surface area contributed by atoms with E-state index in [1.54, 1.807) is 7.11 Å². The van der Waals surface area contributed by atoms with Crippen LogP contribution >= 0.6 is 0 Å². The first-order chi connectivity index (χ1) is 15.6. The fourth-order valence-electron chi connectivity index (χ4n) is 4.30. The molecule has 5 heteroatoms. The number of oxime groups is 1. The van der Waals surface area contributed by atoms with Crippen LogP contribution in [0.15, 0.2) is 29.4 Å². The number of rotatable bonds is 16. The van der Waals surface area contributed by atoms with Crippen LogP contribution in [-0.2, 0) is 9.57 Å². The Balaban J connectivity index is 1.83. The van der Waals surface area contributed by atoms with Crippen molar-refractivity contribution >= 4 is 5.71 Å². The number of benzene rings is 1. The first-order valence-electron chi connectivity index (χ1n) is 12.8. The third-order valence-electron chi connectivity index (χ3n) is 6.49. The fraction of sp³-hybridized carbons (Fsp3) is 0.741. The van der Waals surface area contributed by atoms with Crippen molar-refractivity contribution in [2.45, 2.75) is 90.5 Å². The van der Waals surface area contributed by atoms with E-state index >= 15 is 0 Å². The lowest BCUT2D eigenvalue weighted by molar-refractivity contribution is 0.00877. The van der Waals surface area contributed by atoms with E-state index in [4.69, 9.17) is 14.3 Å². The molecule has 1 fully saturated rings. The van der Waals surface area contributed by atoms with Crippen LogP contribution in [-0.4, -0.2) is 56.2 Å². The molecule has 0 aromatic heterocycles. The average Bonchev–Trinajstić information content (AvgIpc) is 2.82. The van der Waals surface area contributed by atoms with E-state index in [9.17, 15) is 0 Å². The Morgan fingerprint density at radius 1 is 0.906 bits per heavy atom. The Morgan fingerprint density at radius 3 is 2.03 bits per heavy atom. The van der Waals surface area contributed by atoms with Gasteiger partial charge < -0.3 is 14.3 Å². The molecule has 0 N–H and O–H groups in total. The van der Waals surface area contributed by atoms with Crippen molar-refractivity contribution in [2.75, 3.05) is 40.0 Å². The van der Waals surface area contributed by atoms with Gasteiger partial charge in [-0.05, 0) is 51.0 Å². The summed E-state index contributed by atoms with van der Waals surface area (Å²) in [4.78, 5) is 8.29. The molecule has 0 aliphatic carbocycles. The summed E-state index contributed by atoms with van der Waals surface area (Å²) in [5, 5.41) is 4.67. The van der Waals surface area contributed by atoms with Gasteiger partial charge in [0.05, 0.1) is 25.9 Å². The number of unbranched alkanes of at least 4 members (excludes halogenated alkanes) is 9. The highest BCUT2D eigenvalue weighted by Gasteiger charge is 2.35. The van der Waals surface area contributed by atoms with Crippen molar-refractivity contribution in [1.82, 2.24) is 4.90 Å². The molecule has 0 saturated carbocycles. The summed E-state index contributed by atoms with van der Waals surface area (Å²) in [6.45, 7) is 10.7. The van der Waals surface area contributed by atoms with E-state index in [0.29, 0.717) is 6.61 Å². The molecule has 182 valence electrons. The van der Waals surface area contributed by atoms with Crippen LogP contribution in [0.4, 0.5) is 0 Å². The van der Waals surface area contributed by atoms with Crippen molar-refractivity contribution in [3.63, 3.8) is 0 Å². The summed E-state index contributed by atoms with van der Waals surface area (Å²) in [7, 11) is 1.69. The zero-order valence-corrected chi connectivity index (χ0v) is 21.0. The molecule has 1 aliphatic rings. The molecule has 5 nitrogen and oxygen atoms in total. The predicted molar refractivity (Wildman–Crippen MR) is 134 cm³/mol. The zero-order chi connectivity index (χ0) is 23.1. The average molecular weight is 447 g/mol. The predicted octanol–water partition coefficient (Wildman–Crippen LogP) is 6.45. The standard InChI is InChI=1S/C27H46N2O3/c1-5-6-7-8-9-10-11-12-13-14-21-32-28-26(24-15-17-25(30-4)18-16-24)27(2,3)29-19-22-31-23-20-29/h15-18H,5-14,19-23H2,1-4H3. The SMILES string of the molecule is CCCCCCCCCCCCON=C(c1ccc(OC)cc1)C(C)(C)N1CCOCC1. The van der Waals surface area contributed by atoms with Gasteiger partial charge in [-0.25, -0.2) is 0 Å². The van der Waals surface area contributed by atoms with Crippen LogP contribution in [0.1, 0.15) is 90.5 Å². The quantitative estimate of drug-likeness (QED) is 0.166. The molecule has 0 atom stereocenters. The van der Waals surface area contributed by atoms with Crippen LogP contribution in [0.5, 0.6) is 5.75 Å². The first-order valence-corrected chi connectivity index (χ1v) is 12.8. The van der Waals surface area contributed by atoms with E-state index in [1.165, 1.54) is 57.8 Å². The number of hydrogen-bond acceptors (Lipinski definition) is 5. The van der Waals surface area contributed by atoms with Gasteiger partial charge in [-0.3, -0.25) is 4.90 Å². The number of ether oxygens (including phenoxy) is 2. The lowest BCUT2D eigenvalue weighted by Crippen LogP contribution is -2.54. The summed E-state index contributed by atoms with van der Waals surface area (Å²) in [6, 6.07) is 8.12. The summed E-state index contributed by atoms with van der Waals surface area (Å²) >= 11 is 0. The molecular formula is C27H46N2O3. The minimum atomic E-state index is -0.240. The molecule has 1 saturated heterocycles. The van der Waals surface area contributed by atoms with E-state index in [0.717, 1.165) is 49.7 Å². The summed E-state index contributed by atoms with van der Waals surface area (Å²) < 4.78 is 10.9. The Morgan fingerprint density at radius 2 is 1.47 bits per heavy atom. The molecule has 1 heterocycles. The Bertz CT molecular complexity index is 637. The largest absolute Gasteiger partial charge is 0.497 e. The third-order valence-corrected chi connectivity index (χ3v) is 6.49. The molecule has 1 aliphatic heterocycles. The van der Waals surface area contributed by atoms with Gasteiger partial charge in [-0.15, -0.1) is 0 Å². The van der Waals surface area contributed by atoms with Crippen molar-refractivity contribution in [3.05, 3.63) is 29.8 Å². The molecular weight excluding hydrogens is 400 g/mol. The molecule has 1 aromatic rings. The lowest BCUT2D eigenvalue weighted by Gasteiger charge is -2.41. The number of methoxy groups -OCH3 is 1. The second-order valence-corrected chi connectivity index (χ2v) is 9.34. The van der Waals surface area contributed by atoms with Crippen LogP contribution in [0.2, 0.25) is 0 Å². The van der Waals surface area contributed by atoms with Gasteiger partial charge in [0.2, 0.25) is 0 Å². The molecule has 0 bridgehead atoms. The molecule has 1 aromatic carbocycles. The number of hydrogen-bond donors (Lipinski definition) is 0. The van der Waals surface area contributed by atoms with Gasteiger partial charge in [0, 0.05) is 18.7 Å². The van der Waals surface area contributed by atoms with Gasteiger partial charge in [-0.1, -0.05) is 63.4 Å². The summed E-state index contributed by atoms with van der Waals surface area (Å²) in [5.41, 5.74) is 1.80. The molecule has 32 heavy (non-hydrogen) atoms. The zero-order valence-electron chi connectivity index (χ0n) is 21.0. The highest BCUT2D eigenvalue weighted by Crippen LogP contribution is 2.24. The molecule has 0 amide bonds. The van der Waals surface area contributed by atoms with E-state index in [1.807, 2.05) is 12.1 Å². The maximum atomic E-state index is 5.85. The molecule has 0 radical (unpaired) electrons. The summed E-state index contributed by atoms with van der Waals surface area (Å²) in [5.74, 6) is 0.851. The molecule has 0 unspecified atom stereocenters. The van der Waals surface area contributed by atoms with Crippen molar-refractivity contribution < 1.29 is 14.3 Å². The lowest BCUT2D eigenvalue weighted by atomic mass is 9.90. The monoisotopic (exact) mass is 446 g/mol. The minimum Gasteiger partial charge on any atom is -0.497 e. The van der Waals surface area contributed by atoms with E-state index in [2.05, 4.69) is 43.0 Å². The fourth-order valence-corrected chi connectivity index (χ4v) is 4.30. The normalized spacial score (nSPS) is 15.7. The smallest absolute Gasteiger partial charge is 0.118 e. The van der Waals surface area contributed by atoms with Crippen molar-refractivity contribution in [1.29, 1.82) is 0 Å². The molecule has 0 spiro atoms. The van der Waals surface area contributed by atoms with E-state index < -0.39 is 0 Å². The first kappa shape index (κ1) is 26.7. The van der Waals surface area contributed by atoms with Gasteiger partial charge in [0.15, 0.2) is 0 Å². The topological polar surface area (TPSA) is 43.3 Å². The van der Waals surface area contributed by atoms with Crippen molar-refractivity contribution in [2.24, 2.45) is 5.16 Å². The maximum Gasteiger partial charge on any atom is 0.118 e. The van der Waals surface area contributed by atoms with Gasteiger partial charge >= 0.3 is 0 Å². The van der Waals surface area contributed by atoms with Crippen LogP contribution < -0.4 is 4.74 Å². The number of morpholine rings is 1. The summed E-state index contributed by atoms with van der Waals surface area (Å²) in [6.07, 6.45) is 13.2. The van der Waals surface area contributed by atoms with Gasteiger partial charge in [-0.2, -0.15) is 0 Å². The highest BCUT2D eigenvalue weighted by molar-refractivity contribution is 6.06.